The maximum Gasteiger partial charge on any atom is 0.347 e. The van der Waals surface area contributed by atoms with Crippen molar-refractivity contribution in [3.05, 3.63) is 61.4 Å². The molecular formula is C22H22Cl2N4O5. The molecule has 5 rings (SSSR count). The molecule has 1 saturated heterocycles. The first kappa shape index (κ1) is 22.0. The molecule has 1 aromatic carbocycles. The number of aromatic nitrogens is 3. The van der Waals surface area contributed by atoms with Gasteiger partial charge in [0.15, 0.2) is 9.75 Å². The summed E-state index contributed by atoms with van der Waals surface area (Å²) < 4.78 is 3.60. The minimum absolute atomic E-state index is 0.105. The average Bonchev–Trinajstić information content (AvgIpc) is 3.06. The molecule has 4 unspecified atom stereocenters. The Morgan fingerprint density at radius 1 is 1.00 bits per heavy atom. The van der Waals surface area contributed by atoms with Crippen LogP contribution < -0.4 is 11.4 Å². The Labute approximate surface area is 198 Å². The van der Waals surface area contributed by atoms with E-state index >= 15 is 0 Å². The Bertz CT molecular complexity index is 1400. The third-order valence-electron chi connectivity index (χ3n) is 7.32. The second-order valence-corrected chi connectivity index (χ2v) is 10.3. The van der Waals surface area contributed by atoms with Crippen LogP contribution in [0.3, 0.4) is 0 Å². The Morgan fingerprint density at radius 2 is 1.61 bits per heavy atom. The number of imide groups is 1. The molecule has 3 heterocycles. The van der Waals surface area contributed by atoms with Crippen LogP contribution in [0.2, 0.25) is 0 Å². The summed E-state index contributed by atoms with van der Waals surface area (Å²) in [6.45, 7) is 3.56. The van der Waals surface area contributed by atoms with Gasteiger partial charge < -0.3 is 5.11 Å². The second-order valence-electron chi connectivity index (χ2n) is 9.09. The molecule has 1 aliphatic carbocycles. The predicted octanol–water partition coefficient (Wildman–Crippen LogP) is 1.29. The number of hydrogen-bond acceptors (Lipinski definition) is 5. The van der Waals surface area contributed by atoms with E-state index < -0.39 is 44.9 Å². The van der Waals surface area contributed by atoms with Gasteiger partial charge in [-0.25, -0.2) is 23.5 Å². The average molecular weight is 493 g/mol. The van der Waals surface area contributed by atoms with E-state index in [0.29, 0.717) is 22.3 Å². The maximum atomic E-state index is 13.4. The Kier molecular flexibility index (Phi) is 4.43. The molecule has 11 heteroatoms. The number of hydrogen-bond donors (Lipinski definition) is 1. The first-order chi connectivity index (χ1) is 15.4. The summed E-state index contributed by atoms with van der Waals surface area (Å²) in [5.74, 6) is -2.03. The van der Waals surface area contributed by atoms with Crippen LogP contribution in [-0.4, -0.2) is 52.5 Å². The number of aromatic hydroxyl groups is 1. The van der Waals surface area contributed by atoms with Crippen molar-refractivity contribution in [2.75, 3.05) is 7.05 Å². The van der Waals surface area contributed by atoms with E-state index in [-0.39, 0.29) is 18.7 Å². The minimum atomic E-state index is -1.85. The van der Waals surface area contributed by atoms with Crippen LogP contribution in [0.4, 0.5) is 0 Å². The normalized spacial score (nSPS) is 30.7. The van der Waals surface area contributed by atoms with Gasteiger partial charge in [0.05, 0.1) is 12.6 Å². The Balaban J connectivity index is 1.84. The quantitative estimate of drug-likeness (QED) is 0.366. The number of carbonyl (C=O) groups is 2. The SMILES string of the molecule is Cc1cc(C2C3=CCn4c(=O)n(C)c(=O)n4C3CC3(Cl)C(=O)N(C)C(=O)C23Cl)cc(C)c1O. The molecule has 1 N–H and O–H groups in total. The van der Waals surface area contributed by atoms with Gasteiger partial charge in [-0.15, -0.1) is 23.2 Å². The Hall–Kier alpha value is -2.78. The fourth-order valence-corrected chi connectivity index (χ4v) is 6.64. The smallest absolute Gasteiger partial charge is 0.347 e. The van der Waals surface area contributed by atoms with E-state index in [2.05, 4.69) is 0 Å². The summed E-state index contributed by atoms with van der Waals surface area (Å²) in [6, 6.07) is 2.67. The highest BCUT2D eigenvalue weighted by Crippen LogP contribution is 2.63. The zero-order valence-corrected chi connectivity index (χ0v) is 19.9. The summed E-state index contributed by atoms with van der Waals surface area (Å²) in [7, 11) is 2.72. The highest BCUT2D eigenvalue weighted by Gasteiger charge is 2.74. The van der Waals surface area contributed by atoms with Gasteiger partial charge >= 0.3 is 11.4 Å². The number of phenolic OH excluding ortho intramolecular Hbond substituents is 1. The number of phenols is 1. The number of rotatable bonds is 1. The second kappa shape index (κ2) is 6.64. The van der Waals surface area contributed by atoms with Crippen molar-refractivity contribution in [3.8, 4) is 5.75 Å². The van der Waals surface area contributed by atoms with Crippen LogP contribution in [-0.2, 0) is 23.2 Å². The lowest BCUT2D eigenvalue weighted by atomic mass is 9.64. The van der Waals surface area contributed by atoms with Crippen molar-refractivity contribution in [2.45, 2.75) is 48.5 Å². The zero-order chi connectivity index (χ0) is 24.2. The molecule has 174 valence electrons. The lowest BCUT2D eigenvalue weighted by Gasteiger charge is -2.49. The molecule has 0 bridgehead atoms. The van der Waals surface area contributed by atoms with Crippen molar-refractivity contribution in [1.82, 2.24) is 18.8 Å². The molecule has 1 aromatic heterocycles. The molecule has 0 radical (unpaired) electrons. The summed E-state index contributed by atoms with van der Waals surface area (Å²) >= 11 is 14.1. The molecule has 3 aliphatic rings. The van der Waals surface area contributed by atoms with Gasteiger partial charge in [-0.1, -0.05) is 18.2 Å². The number of halogens is 2. The van der Waals surface area contributed by atoms with Gasteiger partial charge in [0.2, 0.25) is 0 Å². The van der Waals surface area contributed by atoms with Crippen LogP contribution in [0.15, 0.2) is 33.4 Å². The van der Waals surface area contributed by atoms with Crippen molar-refractivity contribution < 1.29 is 14.7 Å². The van der Waals surface area contributed by atoms with Gasteiger partial charge in [-0.3, -0.25) is 14.5 Å². The third kappa shape index (κ3) is 2.44. The van der Waals surface area contributed by atoms with Crippen molar-refractivity contribution >= 4 is 35.0 Å². The number of allylic oxidation sites excluding steroid dienone is 2. The van der Waals surface area contributed by atoms with E-state index in [9.17, 15) is 24.3 Å². The number of aryl methyl sites for hydroxylation is 2. The Morgan fingerprint density at radius 3 is 2.21 bits per heavy atom. The highest BCUT2D eigenvalue weighted by molar-refractivity contribution is 6.53. The van der Waals surface area contributed by atoms with Crippen LogP contribution in [0, 0.1) is 13.8 Å². The monoisotopic (exact) mass is 492 g/mol. The van der Waals surface area contributed by atoms with E-state index in [1.54, 1.807) is 32.1 Å². The van der Waals surface area contributed by atoms with Crippen LogP contribution >= 0.6 is 23.2 Å². The molecular weight excluding hydrogens is 471 g/mol. The first-order valence-corrected chi connectivity index (χ1v) is 11.2. The van der Waals surface area contributed by atoms with Crippen LogP contribution in [0.25, 0.3) is 0 Å². The van der Waals surface area contributed by atoms with Crippen molar-refractivity contribution in [2.24, 2.45) is 7.05 Å². The third-order valence-corrected chi connectivity index (χ3v) is 8.73. The van der Waals surface area contributed by atoms with Crippen LogP contribution in [0.1, 0.15) is 35.1 Å². The van der Waals surface area contributed by atoms with Crippen molar-refractivity contribution in [1.29, 1.82) is 0 Å². The first-order valence-electron chi connectivity index (χ1n) is 10.4. The number of nitrogens with zero attached hydrogens (tertiary/aromatic N) is 4. The topological polar surface area (TPSA) is 107 Å². The summed E-state index contributed by atoms with van der Waals surface area (Å²) in [5, 5.41) is 10.3. The predicted molar refractivity (Wildman–Crippen MR) is 121 cm³/mol. The minimum Gasteiger partial charge on any atom is -0.507 e. The molecule has 0 spiro atoms. The van der Waals surface area contributed by atoms with Gasteiger partial charge in [-0.05, 0) is 36.1 Å². The number of alkyl halides is 2. The summed E-state index contributed by atoms with van der Waals surface area (Å²) in [4.78, 5) is 49.5. The molecule has 4 atom stereocenters. The lowest BCUT2D eigenvalue weighted by Crippen LogP contribution is -2.59. The van der Waals surface area contributed by atoms with Crippen molar-refractivity contribution in [3.63, 3.8) is 0 Å². The standard InChI is InChI=1S/C22H22Cl2N4O5/c1-10-7-12(8-11(2)16(10)29)15-13-5-6-27-19(32)26(4)20(33)28(27)14(13)9-21(23)17(30)25(3)18(31)22(15,21)24/h5,7-8,14-15,29H,6,9H2,1-4H3. The molecule has 2 aliphatic heterocycles. The van der Waals surface area contributed by atoms with E-state index in [4.69, 9.17) is 23.2 Å². The maximum absolute atomic E-state index is 13.4. The van der Waals surface area contributed by atoms with E-state index in [1.807, 2.05) is 0 Å². The van der Waals surface area contributed by atoms with Gasteiger partial charge in [0.25, 0.3) is 11.8 Å². The van der Waals surface area contributed by atoms with E-state index in [1.165, 1.54) is 23.5 Å². The number of benzene rings is 1. The number of likely N-dealkylation sites (tertiary alicyclic amines) is 1. The van der Waals surface area contributed by atoms with Crippen LogP contribution in [0.5, 0.6) is 5.75 Å². The molecule has 33 heavy (non-hydrogen) atoms. The van der Waals surface area contributed by atoms with Gasteiger partial charge in [0.1, 0.15) is 5.75 Å². The van der Waals surface area contributed by atoms with Gasteiger partial charge in [-0.2, -0.15) is 0 Å². The number of carbonyl (C=O) groups excluding carboxylic acids is 2. The summed E-state index contributed by atoms with van der Waals surface area (Å²) in [5.41, 5.74) is 1.34. The highest BCUT2D eigenvalue weighted by atomic mass is 35.5. The summed E-state index contributed by atoms with van der Waals surface area (Å²) in [6.07, 6.45) is 1.65. The largest absolute Gasteiger partial charge is 0.507 e. The molecule has 9 nitrogen and oxygen atoms in total. The molecule has 2 fully saturated rings. The fourth-order valence-electron chi connectivity index (χ4n) is 5.64. The number of amides is 2. The molecule has 2 aromatic rings. The van der Waals surface area contributed by atoms with Gasteiger partial charge in [0, 0.05) is 26.4 Å². The molecule has 2 amide bonds. The van der Waals surface area contributed by atoms with E-state index in [0.717, 1.165) is 9.47 Å². The zero-order valence-electron chi connectivity index (χ0n) is 18.4. The fraction of sp³-hybridized carbons (Fsp3) is 0.455. The number of fused-ring (bicyclic) bond motifs is 4. The molecule has 1 saturated carbocycles. The lowest BCUT2D eigenvalue weighted by molar-refractivity contribution is -0.137.